The van der Waals surface area contributed by atoms with E-state index in [0.717, 1.165) is 19.3 Å². The molecule has 1 aliphatic rings. The smallest absolute Gasteiger partial charge is 0.242 e. The van der Waals surface area contributed by atoms with Gasteiger partial charge in [0.15, 0.2) is 0 Å². The molecule has 0 spiro atoms. The van der Waals surface area contributed by atoms with Gasteiger partial charge in [-0.05, 0) is 37.8 Å². The molecule has 1 unspecified atom stereocenters. The zero-order chi connectivity index (χ0) is 14.9. The maximum atomic E-state index is 12.4. The molecule has 1 saturated carbocycles. The Labute approximate surface area is 129 Å². The molecule has 0 heterocycles. The van der Waals surface area contributed by atoms with Crippen LogP contribution in [0.3, 0.4) is 0 Å². The van der Waals surface area contributed by atoms with Crippen molar-refractivity contribution >= 4 is 38.8 Å². The first-order chi connectivity index (χ1) is 9.31. The Balaban J connectivity index is 2.28. The molecule has 20 heavy (non-hydrogen) atoms. The highest BCUT2D eigenvalue weighted by molar-refractivity contribution is 7.89. The summed E-state index contributed by atoms with van der Waals surface area (Å²) in [6.07, 6.45) is 3.28. The van der Waals surface area contributed by atoms with Crippen LogP contribution in [0.2, 0.25) is 5.02 Å². The van der Waals surface area contributed by atoms with Crippen LogP contribution in [0.4, 0.5) is 0 Å². The molecule has 1 fully saturated rings. The number of hydrogen-bond donors (Lipinski definition) is 2. The van der Waals surface area contributed by atoms with Crippen LogP contribution in [0.5, 0.6) is 0 Å². The molecule has 0 saturated heterocycles. The minimum Gasteiger partial charge on any atom is -0.389 e. The van der Waals surface area contributed by atoms with E-state index in [9.17, 15) is 8.42 Å². The molecule has 7 heteroatoms. The lowest BCUT2D eigenvalue weighted by atomic mass is 9.81. The standard InChI is InChI=1S/C13H17ClN2O2S2/c1-8(9-3-2-4-9)16-20(17,18)12-7-10(13(15)19)5-6-11(12)14/h5-9,16H,2-4H2,1H3,(H2,15,19). The van der Waals surface area contributed by atoms with Gasteiger partial charge in [-0.2, -0.15) is 0 Å². The van der Waals surface area contributed by atoms with Crippen molar-refractivity contribution in [2.75, 3.05) is 0 Å². The number of sulfonamides is 1. The van der Waals surface area contributed by atoms with Crippen molar-refractivity contribution in [3.05, 3.63) is 28.8 Å². The molecule has 0 aromatic heterocycles. The Morgan fingerprint density at radius 3 is 2.65 bits per heavy atom. The van der Waals surface area contributed by atoms with E-state index in [2.05, 4.69) is 4.72 Å². The van der Waals surface area contributed by atoms with E-state index >= 15 is 0 Å². The molecule has 0 radical (unpaired) electrons. The summed E-state index contributed by atoms with van der Waals surface area (Å²) in [6.45, 7) is 1.88. The summed E-state index contributed by atoms with van der Waals surface area (Å²) in [5, 5.41) is 0.165. The molecular formula is C13H17ClN2O2S2. The predicted octanol–water partition coefficient (Wildman–Crippen LogP) is 2.44. The molecule has 4 nitrogen and oxygen atoms in total. The van der Waals surface area contributed by atoms with Crippen LogP contribution in [0.1, 0.15) is 31.7 Å². The van der Waals surface area contributed by atoms with Gasteiger partial charge in [0.1, 0.15) is 9.88 Å². The first-order valence-electron chi connectivity index (χ1n) is 6.43. The fourth-order valence-electron chi connectivity index (χ4n) is 2.21. The van der Waals surface area contributed by atoms with Crippen molar-refractivity contribution in [3.8, 4) is 0 Å². The van der Waals surface area contributed by atoms with Crippen molar-refractivity contribution in [2.24, 2.45) is 11.7 Å². The molecule has 1 aromatic rings. The van der Waals surface area contributed by atoms with Crippen LogP contribution in [0.25, 0.3) is 0 Å². The number of nitrogens with one attached hydrogen (secondary N) is 1. The topological polar surface area (TPSA) is 72.2 Å². The maximum Gasteiger partial charge on any atom is 0.242 e. The van der Waals surface area contributed by atoms with E-state index < -0.39 is 10.0 Å². The van der Waals surface area contributed by atoms with Crippen LogP contribution in [0, 0.1) is 5.92 Å². The fourth-order valence-corrected chi connectivity index (χ4v) is 4.17. The monoisotopic (exact) mass is 332 g/mol. The predicted molar refractivity (Wildman–Crippen MR) is 84.5 cm³/mol. The third kappa shape index (κ3) is 3.31. The summed E-state index contributed by atoms with van der Waals surface area (Å²) in [4.78, 5) is 0.167. The molecule has 1 aromatic carbocycles. The number of rotatable bonds is 5. The molecule has 0 aliphatic heterocycles. The van der Waals surface area contributed by atoms with Gasteiger partial charge in [0.25, 0.3) is 0 Å². The quantitative estimate of drug-likeness (QED) is 0.812. The second-order valence-electron chi connectivity index (χ2n) is 5.11. The number of nitrogens with two attached hydrogens (primary N) is 1. The van der Waals surface area contributed by atoms with E-state index in [1.807, 2.05) is 6.92 Å². The van der Waals surface area contributed by atoms with Gasteiger partial charge in [0, 0.05) is 11.6 Å². The minimum atomic E-state index is -3.66. The Hall–Kier alpha value is -0.690. The molecule has 1 atom stereocenters. The number of benzene rings is 1. The van der Waals surface area contributed by atoms with E-state index in [1.165, 1.54) is 12.1 Å². The maximum absolute atomic E-state index is 12.4. The first kappa shape index (κ1) is 15.7. The lowest BCUT2D eigenvalue weighted by Crippen LogP contribution is -2.40. The van der Waals surface area contributed by atoms with Gasteiger partial charge in [-0.1, -0.05) is 36.3 Å². The Morgan fingerprint density at radius 1 is 1.50 bits per heavy atom. The van der Waals surface area contributed by atoms with Crippen LogP contribution in [-0.4, -0.2) is 19.4 Å². The van der Waals surface area contributed by atoms with Crippen LogP contribution >= 0.6 is 23.8 Å². The second-order valence-corrected chi connectivity index (χ2v) is 7.64. The van der Waals surface area contributed by atoms with E-state index in [4.69, 9.17) is 29.6 Å². The average Bonchev–Trinajstić information content (AvgIpc) is 2.25. The zero-order valence-corrected chi connectivity index (χ0v) is 13.5. The summed E-state index contributed by atoms with van der Waals surface area (Å²) < 4.78 is 27.5. The summed E-state index contributed by atoms with van der Waals surface area (Å²) in [7, 11) is -3.66. The third-order valence-electron chi connectivity index (χ3n) is 3.70. The minimum absolute atomic E-state index is 0.0237. The fraction of sp³-hybridized carbons (Fsp3) is 0.462. The Kier molecular flexibility index (Phi) is 4.69. The van der Waals surface area contributed by atoms with Crippen molar-refractivity contribution in [1.29, 1.82) is 0 Å². The lowest BCUT2D eigenvalue weighted by Gasteiger charge is -2.31. The van der Waals surface area contributed by atoms with Crippen LogP contribution < -0.4 is 10.5 Å². The highest BCUT2D eigenvalue weighted by Gasteiger charge is 2.29. The lowest BCUT2D eigenvalue weighted by molar-refractivity contribution is 0.260. The SMILES string of the molecule is CC(NS(=O)(=O)c1cc(C(N)=S)ccc1Cl)C1CCC1. The highest BCUT2D eigenvalue weighted by Crippen LogP contribution is 2.31. The Morgan fingerprint density at radius 2 is 2.15 bits per heavy atom. The van der Waals surface area contributed by atoms with Gasteiger partial charge in [-0.25, -0.2) is 13.1 Å². The van der Waals surface area contributed by atoms with E-state index in [1.54, 1.807) is 6.07 Å². The van der Waals surface area contributed by atoms with Crippen molar-refractivity contribution in [2.45, 2.75) is 37.1 Å². The van der Waals surface area contributed by atoms with Gasteiger partial charge >= 0.3 is 0 Å². The van der Waals surface area contributed by atoms with E-state index in [-0.39, 0.29) is 20.9 Å². The summed E-state index contributed by atoms with van der Waals surface area (Å²) in [5.74, 6) is 0.405. The van der Waals surface area contributed by atoms with Crippen LogP contribution in [0.15, 0.2) is 23.1 Å². The molecule has 1 aliphatic carbocycles. The number of hydrogen-bond acceptors (Lipinski definition) is 3. The van der Waals surface area contributed by atoms with Gasteiger partial charge < -0.3 is 5.73 Å². The second kappa shape index (κ2) is 5.97. The van der Waals surface area contributed by atoms with Crippen molar-refractivity contribution < 1.29 is 8.42 Å². The van der Waals surface area contributed by atoms with Crippen LogP contribution in [-0.2, 0) is 10.0 Å². The number of thiocarbonyl (C=S) groups is 1. The van der Waals surface area contributed by atoms with Crippen molar-refractivity contribution in [3.63, 3.8) is 0 Å². The van der Waals surface area contributed by atoms with Gasteiger partial charge in [0.2, 0.25) is 10.0 Å². The molecular weight excluding hydrogens is 316 g/mol. The molecule has 110 valence electrons. The molecule has 2 rings (SSSR count). The normalized spacial score (nSPS) is 17.5. The number of halogens is 1. The highest BCUT2D eigenvalue weighted by atomic mass is 35.5. The van der Waals surface area contributed by atoms with Crippen molar-refractivity contribution in [1.82, 2.24) is 4.72 Å². The van der Waals surface area contributed by atoms with Gasteiger partial charge in [-0.3, -0.25) is 0 Å². The summed E-state index contributed by atoms with van der Waals surface area (Å²) in [6, 6.07) is 4.43. The zero-order valence-electron chi connectivity index (χ0n) is 11.1. The Bertz CT molecular complexity index is 627. The molecule has 3 N–H and O–H groups in total. The third-order valence-corrected chi connectivity index (χ3v) is 5.98. The average molecular weight is 333 g/mol. The molecule has 0 amide bonds. The summed E-state index contributed by atoms with van der Waals surface area (Å²) >= 11 is 10.9. The summed E-state index contributed by atoms with van der Waals surface area (Å²) in [5.41, 5.74) is 6.02. The first-order valence-corrected chi connectivity index (χ1v) is 8.70. The largest absolute Gasteiger partial charge is 0.389 e. The van der Waals surface area contributed by atoms with Gasteiger partial charge in [-0.15, -0.1) is 0 Å². The molecule has 0 bridgehead atoms. The van der Waals surface area contributed by atoms with E-state index in [0.29, 0.717) is 11.5 Å². The van der Waals surface area contributed by atoms with Gasteiger partial charge in [0.05, 0.1) is 5.02 Å².